The minimum absolute atomic E-state index is 0.0915. The predicted molar refractivity (Wildman–Crippen MR) is 70.8 cm³/mol. The van der Waals surface area contributed by atoms with E-state index in [1.807, 2.05) is 0 Å². The Labute approximate surface area is 115 Å². The van der Waals surface area contributed by atoms with Gasteiger partial charge in [0.25, 0.3) is 0 Å². The second-order valence-corrected chi connectivity index (χ2v) is 4.51. The predicted octanol–water partition coefficient (Wildman–Crippen LogP) is 1.10. The van der Waals surface area contributed by atoms with Gasteiger partial charge in [0.2, 0.25) is 5.91 Å². The first-order valence-electron chi connectivity index (χ1n) is 6.31. The molecule has 6 heteroatoms. The molecule has 1 amide bonds. The molecule has 1 fully saturated rings. The summed E-state index contributed by atoms with van der Waals surface area (Å²) in [6.07, 6.45) is 1.41. The van der Waals surface area contributed by atoms with Gasteiger partial charge in [-0.2, -0.15) is 0 Å². The molecule has 1 aromatic carbocycles. The van der Waals surface area contributed by atoms with Crippen molar-refractivity contribution in [3.05, 3.63) is 29.8 Å². The molecule has 1 heterocycles. The van der Waals surface area contributed by atoms with Crippen molar-refractivity contribution in [1.29, 1.82) is 0 Å². The molecular formula is C14H15NO5. The summed E-state index contributed by atoms with van der Waals surface area (Å²) in [5.41, 5.74) is 1.21. The number of anilines is 1. The van der Waals surface area contributed by atoms with E-state index in [-0.39, 0.29) is 18.3 Å². The Morgan fingerprint density at radius 1 is 1.20 bits per heavy atom. The van der Waals surface area contributed by atoms with Gasteiger partial charge in [-0.05, 0) is 30.7 Å². The Morgan fingerprint density at radius 3 is 2.45 bits per heavy atom. The molecule has 0 radical (unpaired) electrons. The van der Waals surface area contributed by atoms with Crippen LogP contribution in [0.25, 0.3) is 0 Å². The van der Waals surface area contributed by atoms with Gasteiger partial charge in [0.15, 0.2) is 5.78 Å². The number of ketones is 1. The number of hydrogen-bond donors (Lipinski definition) is 1. The number of Topliss-reactive ketones (excluding diaryl/α,β-unsaturated/α-hetero) is 1. The van der Waals surface area contributed by atoms with E-state index in [1.165, 1.54) is 0 Å². The molecule has 20 heavy (non-hydrogen) atoms. The van der Waals surface area contributed by atoms with Crippen molar-refractivity contribution >= 4 is 23.3 Å². The van der Waals surface area contributed by atoms with E-state index in [9.17, 15) is 14.4 Å². The third kappa shape index (κ3) is 3.42. The zero-order valence-electron chi connectivity index (χ0n) is 10.9. The van der Waals surface area contributed by atoms with E-state index in [0.29, 0.717) is 18.5 Å². The van der Waals surface area contributed by atoms with Crippen LogP contribution in [0.4, 0.5) is 5.69 Å². The molecule has 0 aliphatic carbocycles. The SMILES string of the molecule is O=C(O)COCC(=O)c1ccc(N2CCCC2=O)cc1. The van der Waals surface area contributed by atoms with Gasteiger partial charge < -0.3 is 14.7 Å². The lowest BCUT2D eigenvalue weighted by molar-refractivity contribution is -0.141. The van der Waals surface area contributed by atoms with E-state index in [4.69, 9.17) is 9.84 Å². The summed E-state index contributed by atoms with van der Waals surface area (Å²) in [5, 5.41) is 8.41. The van der Waals surface area contributed by atoms with E-state index in [0.717, 1.165) is 12.1 Å². The molecule has 1 aliphatic rings. The summed E-state index contributed by atoms with van der Waals surface area (Å²) < 4.78 is 4.74. The van der Waals surface area contributed by atoms with Crippen LogP contribution in [0.15, 0.2) is 24.3 Å². The lowest BCUT2D eigenvalue weighted by Gasteiger charge is -2.15. The Morgan fingerprint density at radius 2 is 1.90 bits per heavy atom. The van der Waals surface area contributed by atoms with Gasteiger partial charge in [0.1, 0.15) is 13.2 Å². The quantitative estimate of drug-likeness (QED) is 0.787. The molecule has 0 saturated carbocycles. The summed E-state index contributed by atoms with van der Waals surface area (Å²) >= 11 is 0. The van der Waals surface area contributed by atoms with Crippen molar-refractivity contribution in [2.75, 3.05) is 24.7 Å². The fourth-order valence-corrected chi connectivity index (χ4v) is 2.06. The standard InChI is InChI=1S/C14H15NO5/c16-12(8-20-9-14(18)19)10-3-5-11(6-4-10)15-7-1-2-13(15)17/h3-6H,1-2,7-9H2,(H,18,19). The monoisotopic (exact) mass is 277 g/mol. The zero-order valence-corrected chi connectivity index (χ0v) is 10.9. The van der Waals surface area contributed by atoms with Crippen LogP contribution in [-0.4, -0.2) is 42.5 Å². The van der Waals surface area contributed by atoms with Crippen molar-refractivity contribution in [2.45, 2.75) is 12.8 Å². The maximum absolute atomic E-state index is 11.7. The zero-order chi connectivity index (χ0) is 14.5. The molecule has 1 N–H and O–H groups in total. The number of amides is 1. The minimum atomic E-state index is -1.11. The van der Waals surface area contributed by atoms with Gasteiger partial charge in [0, 0.05) is 24.2 Å². The number of aliphatic carboxylic acids is 1. The average Bonchev–Trinajstić information content (AvgIpc) is 2.84. The highest BCUT2D eigenvalue weighted by atomic mass is 16.5. The average molecular weight is 277 g/mol. The molecule has 0 aromatic heterocycles. The third-order valence-corrected chi connectivity index (χ3v) is 3.03. The van der Waals surface area contributed by atoms with Gasteiger partial charge in [0.05, 0.1) is 0 Å². The maximum atomic E-state index is 11.7. The van der Waals surface area contributed by atoms with E-state index in [2.05, 4.69) is 0 Å². The Kier molecular flexibility index (Phi) is 4.47. The number of carboxylic acids is 1. The molecule has 0 unspecified atom stereocenters. The van der Waals surface area contributed by atoms with E-state index >= 15 is 0 Å². The van der Waals surface area contributed by atoms with Crippen LogP contribution in [0.5, 0.6) is 0 Å². The molecule has 0 atom stereocenters. The molecular weight excluding hydrogens is 262 g/mol. The number of carboxylic acid groups (broad SMARTS) is 1. The van der Waals surface area contributed by atoms with Crippen LogP contribution in [0.1, 0.15) is 23.2 Å². The highest BCUT2D eigenvalue weighted by molar-refractivity contribution is 5.99. The first-order valence-corrected chi connectivity index (χ1v) is 6.31. The first-order chi connectivity index (χ1) is 9.58. The smallest absolute Gasteiger partial charge is 0.329 e. The van der Waals surface area contributed by atoms with Crippen LogP contribution in [0.2, 0.25) is 0 Å². The molecule has 2 rings (SSSR count). The number of nitrogens with zero attached hydrogens (tertiary/aromatic N) is 1. The summed E-state index contributed by atoms with van der Waals surface area (Å²) in [6, 6.07) is 6.67. The number of hydrogen-bond acceptors (Lipinski definition) is 4. The fraction of sp³-hybridized carbons (Fsp3) is 0.357. The summed E-state index contributed by atoms with van der Waals surface area (Å²) in [7, 11) is 0. The topological polar surface area (TPSA) is 83.9 Å². The molecule has 1 aliphatic heterocycles. The Balaban J connectivity index is 1.95. The molecule has 1 aromatic rings. The summed E-state index contributed by atoms with van der Waals surface area (Å²) in [6.45, 7) is -0.0613. The van der Waals surface area contributed by atoms with Crippen molar-refractivity contribution in [3.63, 3.8) is 0 Å². The lowest BCUT2D eigenvalue weighted by Crippen LogP contribution is -2.23. The minimum Gasteiger partial charge on any atom is -0.480 e. The van der Waals surface area contributed by atoms with Crippen molar-refractivity contribution in [2.24, 2.45) is 0 Å². The van der Waals surface area contributed by atoms with Crippen LogP contribution in [-0.2, 0) is 14.3 Å². The second-order valence-electron chi connectivity index (χ2n) is 4.51. The highest BCUT2D eigenvalue weighted by Gasteiger charge is 2.21. The van der Waals surface area contributed by atoms with Crippen LogP contribution < -0.4 is 4.90 Å². The van der Waals surface area contributed by atoms with Gasteiger partial charge in [-0.15, -0.1) is 0 Å². The maximum Gasteiger partial charge on any atom is 0.329 e. The first kappa shape index (κ1) is 14.2. The lowest BCUT2D eigenvalue weighted by atomic mass is 10.1. The van der Waals surface area contributed by atoms with Gasteiger partial charge >= 0.3 is 5.97 Å². The van der Waals surface area contributed by atoms with Gasteiger partial charge in [-0.25, -0.2) is 4.79 Å². The largest absolute Gasteiger partial charge is 0.480 e. The van der Waals surface area contributed by atoms with Crippen LogP contribution >= 0.6 is 0 Å². The molecule has 0 spiro atoms. The second kappa shape index (κ2) is 6.29. The molecule has 0 bridgehead atoms. The summed E-state index contributed by atoms with van der Waals surface area (Å²) in [4.78, 5) is 35.3. The molecule has 1 saturated heterocycles. The number of benzene rings is 1. The Hall–Kier alpha value is -2.21. The number of ether oxygens (including phenoxy) is 1. The van der Waals surface area contributed by atoms with Gasteiger partial charge in [-0.1, -0.05) is 0 Å². The molecule has 106 valence electrons. The van der Waals surface area contributed by atoms with Gasteiger partial charge in [-0.3, -0.25) is 9.59 Å². The fourth-order valence-electron chi connectivity index (χ4n) is 2.06. The third-order valence-electron chi connectivity index (χ3n) is 3.03. The van der Waals surface area contributed by atoms with E-state index < -0.39 is 12.6 Å². The van der Waals surface area contributed by atoms with Crippen LogP contribution in [0.3, 0.4) is 0 Å². The van der Waals surface area contributed by atoms with E-state index in [1.54, 1.807) is 29.2 Å². The summed E-state index contributed by atoms with van der Waals surface area (Å²) in [5.74, 6) is -1.31. The highest BCUT2D eigenvalue weighted by Crippen LogP contribution is 2.21. The number of rotatable bonds is 6. The van der Waals surface area contributed by atoms with Crippen molar-refractivity contribution in [3.8, 4) is 0 Å². The van der Waals surface area contributed by atoms with Crippen molar-refractivity contribution < 1.29 is 24.2 Å². The van der Waals surface area contributed by atoms with Crippen molar-refractivity contribution in [1.82, 2.24) is 0 Å². The Bertz CT molecular complexity index is 523. The number of carbonyl (C=O) groups is 3. The normalized spacial score (nSPS) is 14.6. The van der Waals surface area contributed by atoms with Crippen LogP contribution in [0, 0.1) is 0 Å². The molecule has 6 nitrogen and oxygen atoms in total. The number of carbonyl (C=O) groups excluding carboxylic acids is 2.